The third kappa shape index (κ3) is 4.23. The van der Waals surface area contributed by atoms with E-state index in [4.69, 9.17) is 4.74 Å². The lowest BCUT2D eigenvalue weighted by Gasteiger charge is -2.23. The first-order valence-corrected chi connectivity index (χ1v) is 10.2. The van der Waals surface area contributed by atoms with Crippen molar-refractivity contribution in [2.24, 2.45) is 0 Å². The fourth-order valence-corrected chi connectivity index (χ4v) is 4.27. The van der Waals surface area contributed by atoms with Crippen LogP contribution in [0.2, 0.25) is 0 Å². The molecule has 0 N–H and O–H groups in total. The minimum Gasteiger partial charge on any atom is -0.483 e. The van der Waals surface area contributed by atoms with Crippen LogP contribution in [-0.4, -0.2) is 20.9 Å². The fourth-order valence-electron chi connectivity index (χ4n) is 2.84. The summed E-state index contributed by atoms with van der Waals surface area (Å²) in [6.07, 6.45) is 0. The Morgan fingerprint density at radius 2 is 1.50 bits per heavy atom. The lowest BCUT2D eigenvalue weighted by atomic mass is 10.1. The van der Waals surface area contributed by atoms with Crippen LogP contribution in [0.25, 0.3) is 0 Å². The second kappa shape index (κ2) is 8.27. The van der Waals surface area contributed by atoms with Crippen LogP contribution in [0.15, 0.2) is 83.8 Å². The minimum atomic E-state index is -4.07. The van der Waals surface area contributed by atoms with Crippen LogP contribution >= 0.6 is 0 Å². The Balaban J connectivity index is 1.92. The Labute approximate surface area is 165 Å². The van der Waals surface area contributed by atoms with Crippen molar-refractivity contribution < 1.29 is 17.9 Å². The van der Waals surface area contributed by atoms with Gasteiger partial charge >= 0.3 is 0 Å². The van der Waals surface area contributed by atoms with Crippen molar-refractivity contribution in [3.63, 3.8) is 0 Å². The molecule has 0 radical (unpaired) electrons. The largest absolute Gasteiger partial charge is 0.483 e. The average molecular weight is 395 g/mol. The maximum atomic E-state index is 13.1. The van der Waals surface area contributed by atoms with E-state index in [-0.39, 0.29) is 10.6 Å². The summed E-state index contributed by atoms with van der Waals surface area (Å²) in [5, 5.41) is 0. The van der Waals surface area contributed by atoms with Gasteiger partial charge < -0.3 is 4.74 Å². The lowest BCUT2D eigenvalue weighted by Crippen LogP contribution is -2.40. The Bertz CT molecular complexity index is 1060. The Morgan fingerprint density at radius 1 is 0.893 bits per heavy atom. The quantitative estimate of drug-likeness (QED) is 0.630. The molecule has 3 aromatic rings. The van der Waals surface area contributed by atoms with Crippen molar-refractivity contribution >= 4 is 21.6 Å². The minimum absolute atomic E-state index is 0.0405. The summed E-state index contributed by atoms with van der Waals surface area (Å²) in [7, 11) is -4.07. The van der Waals surface area contributed by atoms with Crippen molar-refractivity contribution in [2.45, 2.75) is 18.7 Å². The molecule has 0 aromatic heterocycles. The first-order chi connectivity index (χ1) is 13.4. The Morgan fingerprint density at radius 3 is 2.11 bits per heavy atom. The molecular weight excluding hydrogens is 374 g/mol. The maximum absolute atomic E-state index is 13.1. The summed E-state index contributed by atoms with van der Waals surface area (Å²) in [5.74, 6) is -0.126. The summed E-state index contributed by atoms with van der Waals surface area (Å²) in [4.78, 5) is 13.0. The zero-order valence-electron chi connectivity index (χ0n) is 15.7. The van der Waals surface area contributed by atoms with E-state index >= 15 is 0 Å². The van der Waals surface area contributed by atoms with Gasteiger partial charge in [-0.3, -0.25) is 4.79 Å². The third-order valence-corrected chi connectivity index (χ3v) is 5.94. The second-order valence-electron chi connectivity index (χ2n) is 6.37. The average Bonchev–Trinajstić information content (AvgIpc) is 2.69. The summed E-state index contributed by atoms with van der Waals surface area (Å²) >= 11 is 0. The monoisotopic (exact) mass is 395 g/mol. The number of benzene rings is 3. The van der Waals surface area contributed by atoms with Gasteiger partial charge in [0.05, 0.1) is 10.6 Å². The Hall–Kier alpha value is -3.12. The number of anilines is 1. The number of hydrogen-bond donors (Lipinski definition) is 0. The molecule has 0 fully saturated rings. The van der Waals surface area contributed by atoms with E-state index in [0.717, 1.165) is 15.4 Å². The first-order valence-electron chi connectivity index (χ1n) is 8.78. The van der Waals surface area contributed by atoms with Gasteiger partial charge in [-0.1, -0.05) is 54.1 Å². The molecule has 0 heterocycles. The van der Waals surface area contributed by atoms with E-state index in [1.165, 1.54) is 12.1 Å². The molecule has 5 nitrogen and oxygen atoms in total. The van der Waals surface area contributed by atoms with Crippen molar-refractivity contribution in [1.29, 1.82) is 0 Å². The van der Waals surface area contributed by atoms with Crippen LogP contribution in [0.5, 0.6) is 5.75 Å². The molecule has 3 rings (SSSR count). The molecule has 1 amide bonds. The number of aryl methyl sites for hydroxylation is 2. The van der Waals surface area contributed by atoms with Gasteiger partial charge in [0, 0.05) is 0 Å². The maximum Gasteiger partial charge on any atom is 0.278 e. The van der Waals surface area contributed by atoms with Gasteiger partial charge in [-0.15, -0.1) is 0 Å². The summed E-state index contributed by atoms with van der Waals surface area (Å²) in [5.41, 5.74) is 2.22. The van der Waals surface area contributed by atoms with E-state index in [0.29, 0.717) is 5.75 Å². The highest BCUT2D eigenvalue weighted by Crippen LogP contribution is 2.24. The van der Waals surface area contributed by atoms with Crippen molar-refractivity contribution in [3.8, 4) is 5.75 Å². The Kier molecular flexibility index (Phi) is 5.80. The van der Waals surface area contributed by atoms with Gasteiger partial charge in [-0.05, 0) is 49.7 Å². The number of carbonyl (C=O) groups excluding carboxylic acids is 1. The van der Waals surface area contributed by atoms with Crippen LogP contribution in [0.4, 0.5) is 5.69 Å². The number of rotatable bonds is 6. The van der Waals surface area contributed by atoms with E-state index in [1.54, 1.807) is 54.6 Å². The molecule has 28 heavy (non-hydrogen) atoms. The van der Waals surface area contributed by atoms with Gasteiger partial charge in [0.2, 0.25) is 0 Å². The standard InChI is InChI=1S/C22H21NO4S/c1-17-13-14-21(18(2)15-17)27-16-22(24)23(19-9-5-3-6-10-19)28(25,26)20-11-7-4-8-12-20/h3-15H,16H2,1-2H3. The normalized spacial score (nSPS) is 11.1. The smallest absolute Gasteiger partial charge is 0.278 e. The van der Waals surface area contributed by atoms with E-state index < -0.39 is 22.5 Å². The molecule has 0 saturated carbocycles. The van der Waals surface area contributed by atoms with E-state index in [1.807, 2.05) is 26.0 Å². The van der Waals surface area contributed by atoms with Gasteiger partial charge in [-0.25, -0.2) is 8.42 Å². The molecule has 144 valence electrons. The molecule has 0 aliphatic rings. The predicted molar refractivity (Wildman–Crippen MR) is 109 cm³/mol. The zero-order valence-corrected chi connectivity index (χ0v) is 16.5. The number of carbonyl (C=O) groups is 1. The first kappa shape index (κ1) is 19.6. The van der Waals surface area contributed by atoms with Gasteiger partial charge in [0.1, 0.15) is 5.75 Å². The number of sulfonamides is 1. The van der Waals surface area contributed by atoms with Crippen LogP contribution in [0, 0.1) is 13.8 Å². The molecule has 0 saturated heterocycles. The lowest BCUT2D eigenvalue weighted by molar-refractivity contribution is -0.119. The van der Waals surface area contributed by atoms with Gasteiger partial charge in [0.15, 0.2) is 6.61 Å². The number of nitrogens with zero attached hydrogens (tertiary/aromatic N) is 1. The van der Waals surface area contributed by atoms with Crippen LogP contribution < -0.4 is 9.04 Å². The summed E-state index contributed by atoms with van der Waals surface area (Å²) in [6, 6.07) is 21.7. The van der Waals surface area contributed by atoms with E-state index in [2.05, 4.69) is 0 Å². The van der Waals surface area contributed by atoms with Crippen molar-refractivity contribution in [1.82, 2.24) is 0 Å². The number of para-hydroxylation sites is 1. The van der Waals surface area contributed by atoms with Gasteiger partial charge in [-0.2, -0.15) is 4.31 Å². The molecule has 0 atom stereocenters. The molecule has 3 aromatic carbocycles. The molecule has 0 unspecified atom stereocenters. The molecule has 6 heteroatoms. The number of amides is 1. The predicted octanol–water partition coefficient (Wildman–Crippen LogP) is 4.10. The molecule has 0 aliphatic heterocycles. The highest BCUT2D eigenvalue weighted by atomic mass is 32.2. The van der Waals surface area contributed by atoms with Gasteiger partial charge in [0.25, 0.3) is 15.9 Å². The second-order valence-corrected chi connectivity index (χ2v) is 8.16. The van der Waals surface area contributed by atoms with Crippen molar-refractivity contribution in [3.05, 3.63) is 90.0 Å². The highest BCUT2D eigenvalue weighted by Gasteiger charge is 2.31. The molecule has 0 spiro atoms. The zero-order chi connectivity index (χ0) is 20.1. The van der Waals surface area contributed by atoms with Crippen LogP contribution in [0.1, 0.15) is 11.1 Å². The number of hydrogen-bond acceptors (Lipinski definition) is 4. The highest BCUT2D eigenvalue weighted by molar-refractivity contribution is 7.93. The SMILES string of the molecule is Cc1ccc(OCC(=O)N(c2ccccc2)S(=O)(=O)c2ccccc2)c(C)c1. The number of ether oxygens (including phenoxy) is 1. The molecule has 0 aliphatic carbocycles. The fraction of sp³-hybridized carbons (Fsp3) is 0.136. The molecular formula is C22H21NO4S. The summed E-state index contributed by atoms with van der Waals surface area (Å²) in [6.45, 7) is 3.44. The third-order valence-electron chi connectivity index (χ3n) is 4.18. The van der Waals surface area contributed by atoms with Crippen LogP contribution in [0.3, 0.4) is 0 Å². The van der Waals surface area contributed by atoms with E-state index in [9.17, 15) is 13.2 Å². The van der Waals surface area contributed by atoms with Crippen molar-refractivity contribution in [2.75, 3.05) is 10.9 Å². The molecule has 0 bridgehead atoms. The van der Waals surface area contributed by atoms with Crippen LogP contribution in [-0.2, 0) is 14.8 Å². The topological polar surface area (TPSA) is 63.7 Å². The summed E-state index contributed by atoms with van der Waals surface area (Å²) < 4.78 is 32.7.